The maximum absolute atomic E-state index is 2.46. The van der Waals surface area contributed by atoms with Crippen molar-refractivity contribution in [2.45, 2.75) is 19.3 Å². The zero-order valence-electron chi connectivity index (χ0n) is 18.5. The summed E-state index contributed by atoms with van der Waals surface area (Å²) in [5, 5.41) is 0. The van der Waals surface area contributed by atoms with E-state index in [4.69, 9.17) is 0 Å². The fourth-order valence-corrected chi connectivity index (χ4v) is 6.64. The first-order valence-corrected chi connectivity index (χ1v) is 11.4. The van der Waals surface area contributed by atoms with Crippen molar-refractivity contribution >= 4 is 16.7 Å². The number of rotatable bonds is 4. The van der Waals surface area contributed by atoms with Gasteiger partial charge in [-0.3, -0.25) is 0 Å². The Morgan fingerprint density at radius 1 is 0.438 bits per heavy atom. The predicted molar refractivity (Wildman–Crippen MR) is 135 cm³/mol. The molecular weight excluding hydrogens is 384 g/mol. The fraction of sp³-hybridized carbons (Fsp3) is 0.125. The second kappa shape index (κ2) is 6.93. The molecule has 0 bridgehead atoms. The molecule has 0 radical (unpaired) electrons. The van der Waals surface area contributed by atoms with E-state index in [9.17, 15) is 0 Å². The van der Waals surface area contributed by atoms with Gasteiger partial charge in [0.25, 0.3) is 0 Å². The average Bonchev–Trinajstić information content (AvgIpc) is 2.85. The molecule has 32 heavy (non-hydrogen) atoms. The first-order chi connectivity index (χ1) is 15.7. The van der Waals surface area contributed by atoms with Gasteiger partial charge < -0.3 is 0 Å². The minimum Gasteiger partial charge on any atom is -0.0622 e. The molecule has 0 heterocycles. The van der Waals surface area contributed by atoms with E-state index in [1.54, 1.807) is 0 Å². The first-order valence-electron chi connectivity index (χ1n) is 11.4. The largest absolute Gasteiger partial charge is 0.0622 e. The van der Waals surface area contributed by atoms with E-state index < -0.39 is 0 Å². The van der Waals surface area contributed by atoms with Gasteiger partial charge in [-0.25, -0.2) is 0 Å². The van der Waals surface area contributed by atoms with Crippen molar-refractivity contribution in [2.75, 3.05) is 0 Å². The van der Waals surface area contributed by atoms with E-state index in [-0.39, 0.29) is 10.8 Å². The molecule has 0 amide bonds. The molecule has 0 N–H and O–H groups in total. The number of hydrogen-bond donors (Lipinski definition) is 0. The lowest BCUT2D eigenvalue weighted by Crippen LogP contribution is -2.62. The van der Waals surface area contributed by atoms with E-state index in [2.05, 4.69) is 135 Å². The van der Waals surface area contributed by atoms with Gasteiger partial charge >= 0.3 is 0 Å². The highest BCUT2D eigenvalue weighted by Crippen LogP contribution is 2.81. The van der Waals surface area contributed by atoms with E-state index in [1.165, 1.54) is 44.5 Å². The van der Waals surface area contributed by atoms with Gasteiger partial charge in [-0.15, -0.1) is 0 Å². The standard InChI is InChI=1S/C32H26/c1-23-28(24-15-7-3-8-16-24)31(2)29(25-17-9-4-10-18-25)30(26-19-11-5-12-20-26)32(23,31)27-21-13-6-14-22-27/h3-22H,1-2H3. The molecular formula is C32H26. The Balaban J connectivity index is 1.72. The molecule has 0 spiro atoms. The van der Waals surface area contributed by atoms with Crippen LogP contribution in [0.1, 0.15) is 36.1 Å². The predicted octanol–water partition coefficient (Wildman–Crippen LogP) is 8.04. The van der Waals surface area contributed by atoms with E-state index in [0.717, 1.165) is 0 Å². The smallest absolute Gasteiger partial charge is 0.0558 e. The van der Waals surface area contributed by atoms with Gasteiger partial charge in [-0.05, 0) is 52.8 Å². The van der Waals surface area contributed by atoms with Crippen LogP contribution in [-0.2, 0) is 5.41 Å². The van der Waals surface area contributed by atoms with Crippen LogP contribution in [0.3, 0.4) is 0 Å². The minimum absolute atomic E-state index is 0.0910. The number of hydrogen-bond acceptors (Lipinski definition) is 0. The van der Waals surface area contributed by atoms with Crippen LogP contribution in [0.5, 0.6) is 0 Å². The summed E-state index contributed by atoms with van der Waals surface area (Å²) in [7, 11) is 0. The van der Waals surface area contributed by atoms with Crippen LogP contribution in [-0.4, -0.2) is 0 Å². The molecule has 4 aromatic rings. The van der Waals surface area contributed by atoms with Crippen LogP contribution >= 0.6 is 0 Å². The molecule has 0 heteroatoms. The van der Waals surface area contributed by atoms with Gasteiger partial charge in [0.2, 0.25) is 0 Å². The van der Waals surface area contributed by atoms with Crippen molar-refractivity contribution in [1.82, 2.24) is 0 Å². The van der Waals surface area contributed by atoms with Gasteiger partial charge in [0.15, 0.2) is 0 Å². The SMILES string of the molecule is CC1=C(c2ccccc2)C2(C)C(c3ccccc3)=C(c3ccccc3)C12c1ccccc1. The summed E-state index contributed by atoms with van der Waals surface area (Å²) >= 11 is 0. The number of fused-ring (bicyclic) bond motifs is 1. The molecule has 2 atom stereocenters. The topological polar surface area (TPSA) is 0 Å². The minimum atomic E-state index is -0.119. The normalized spacial score (nSPS) is 23.9. The number of allylic oxidation sites excluding steroid dienone is 4. The molecule has 2 unspecified atom stereocenters. The molecule has 0 aliphatic heterocycles. The maximum atomic E-state index is 2.46. The Hall–Kier alpha value is -3.64. The van der Waals surface area contributed by atoms with Crippen molar-refractivity contribution in [3.63, 3.8) is 0 Å². The highest BCUT2D eigenvalue weighted by atomic mass is 14.7. The Labute approximate surface area is 190 Å². The Morgan fingerprint density at radius 3 is 1.28 bits per heavy atom. The van der Waals surface area contributed by atoms with Gasteiger partial charge in [-0.1, -0.05) is 127 Å². The molecule has 0 aromatic heterocycles. The molecule has 4 aromatic carbocycles. The quantitative estimate of drug-likeness (QED) is 0.319. The summed E-state index contributed by atoms with van der Waals surface area (Å²) < 4.78 is 0. The molecule has 2 aliphatic carbocycles. The molecule has 0 saturated carbocycles. The zero-order valence-corrected chi connectivity index (χ0v) is 18.5. The summed E-state index contributed by atoms with van der Waals surface area (Å²) in [5.74, 6) is 0. The van der Waals surface area contributed by atoms with Gasteiger partial charge in [0.05, 0.1) is 5.41 Å². The van der Waals surface area contributed by atoms with Crippen LogP contribution in [0, 0.1) is 5.41 Å². The van der Waals surface area contributed by atoms with Crippen LogP contribution in [0.4, 0.5) is 0 Å². The Morgan fingerprint density at radius 2 is 0.812 bits per heavy atom. The van der Waals surface area contributed by atoms with E-state index in [0.29, 0.717) is 0 Å². The first kappa shape index (κ1) is 19.1. The summed E-state index contributed by atoms with van der Waals surface area (Å²) in [5.41, 5.74) is 11.0. The average molecular weight is 411 g/mol. The fourth-order valence-electron chi connectivity index (χ4n) is 6.64. The molecule has 0 nitrogen and oxygen atoms in total. The van der Waals surface area contributed by atoms with Gasteiger partial charge in [0.1, 0.15) is 0 Å². The summed E-state index contributed by atoms with van der Waals surface area (Å²) in [6, 6.07) is 44.0. The van der Waals surface area contributed by atoms with Crippen LogP contribution < -0.4 is 0 Å². The lowest BCUT2D eigenvalue weighted by Gasteiger charge is -2.70. The molecule has 6 rings (SSSR count). The lowest BCUT2D eigenvalue weighted by atomic mass is 9.31. The van der Waals surface area contributed by atoms with E-state index in [1.807, 2.05) is 0 Å². The summed E-state index contributed by atoms with van der Waals surface area (Å²) in [4.78, 5) is 0. The van der Waals surface area contributed by atoms with Gasteiger partial charge in [-0.2, -0.15) is 0 Å². The monoisotopic (exact) mass is 410 g/mol. The van der Waals surface area contributed by atoms with Crippen molar-refractivity contribution in [3.8, 4) is 0 Å². The molecule has 154 valence electrons. The zero-order chi connectivity index (χ0) is 21.8. The van der Waals surface area contributed by atoms with Crippen molar-refractivity contribution in [1.29, 1.82) is 0 Å². The third kappa shape index (κ3) is 2.22. The van der Waals surface area contributed by atoms with Crippen LogP contribution in [0.2, 0.25) is 0 Å². The highest BCUT2D eigenvalue weighted by molar-refractivity contribution is 6.20. The van der Waals surface area contributed by atoms with Crippen molar-refractivity contribution < 1.29 is 0 Å². The third-order valence-electron chi connectivity index (χ3n) is 7.71. The second-order valence-electron chi connectivity index (χ2n) is 9.09. The van der Waals surface area contributed by atoms with Crippen molar-refractivity contribution in [2.24, 2.45) is 5.41 Å². The molecule has 0 fully saturated rings. The third-order valence-corrected chi connectivity index (χ3v) is 7.71. The maximum Gasteiger partial charge on any atom is 0.0558 e. The summed E-state index contributed by atoms with van der Waals surface area (Å²) in [6.45, 7) is 4.81. The highest BCUT2D eigenvalue weighted by Gasteiger charge is 2.72. The second-order valence-corrected chi connectivity index (χ2v) is 9.09. The van der Waals surface area contributed by atoms with Crippen LogP contribution in [0.25, 0.3) is 16.7 Å². The molecule has 0 saturated heterocycles. The number of benzene rings is 4. The van der Waals surface area contributed by atoms with E-state index >= 15 is 0 Å². The lowest BCUT2D eigenvalue weighted by molar-refractivity contribution is 0.329. The Kier molecular flexibility index (Phi) is 4.13. The van der Waals surface area contributed by atoms with Gasteiger partial charge in [0, 0.05) is 5.41 Å². The van der Waals surface area contributed by atoms with Crippen LogP contribution in [0.15, 0.2) is 127 Å². The summed E-state index contributed by atoms with van der Waals surface area (Å²) in [6.07, 6.45) is 0. The molecule has 2 aliphatic rings. The Bertz CT molecular complexity index is 1350. The van der Waals surface area contributed by atoms with Crippen molar-refractivity contribution in [3.05, 3.63) is 149 Å².